The lowest BCUT2D eigenvalue weighted by Gasteiger charge is -2.34. The monoisotopic (exact) mass is 367 g/mol. The molecule has 2 aromatic rings. The van der Waals surface area contributed by atoms with Crippen LogP contribution in [0.15, 0.2) is 42.5 Å². The Hall–Kier alpha value is -3.42. The molecule has 27 heavy (non-hydrogen) atoms. The summed E-state index contributed by atoms with van der Waals surface area (Å²) in [5.74, 6) is -0.566. The number of nitro benzene ring substituents is 1. The number of amides is 1. The van der Waals surface area contributed by atoms with E-state index in [0.29, 0.717) is 12.2 Å². The van der Waals surface area contributed by atoms with Gasteiger partial charge in [0.05, 0.1) is 23.2 Å². The van der Waals surface area contributed by atoms with Crippen LogP contribution in [0.4, 0.5) is 17.1 Å². The number of carbonyl (C=O) groups excluding carboxylic acids is 2. The maximum absolute atomic E-state index is 12.9. The molecule has 2 heterocycles. The van der Waals surface area contributed by atoms with Gasteiger partial charge < -0.3 is 14.5 Å². The molecule has 0 bridgehead atoms. The minimum absolute atomic E-state index is 0.00571. The highest BCUT2D eigenvalue weighted by molar-refractivity contribution is 5.99. The number of anilines is 2. The maximum atomic E-state index is 12.9. The van der Waals surface area contributed by atoms with Crippen LogP contribution in [0.5, 0.6) is 5.75 Å². The van der Waals surface area contributed by atoms with E-state index in [9.17, 15) is 19.7 Å². The normalized spacial score (nSPS) is 15.6. The minimum Gasteiger partial charge on any atom is -0.423 e. The van der Waals surface area contributed by atoms with Crippen LogP contribution in [0.1, 0.15) is 12.0 Å². The second-order valence-corrected chi connectivity index (χ2v) is 6.52. The van der Waals surface area contributed by atoms with Crippen molar-refractivity contribution in [3.05, 3.63) is 58.1 Å². The summed E-state index contributed by atoms with van der Waals surface area (Å²) in [6.07, 6.45) is 1.82. The number of benzene rings is 2. The molecule has 8 nitrogen and oxygen atoms in total. The van der Waals surface area contributed by atoms with Crippen LogP contribution in [0, 0.1) is 10.1 Å². The predicted octanol–water partition coefficient (Wildman–Crippen LogP) is 2.30. The lowest BCUT2D eigenvalue weighted by atomic mass is 10.0. The third kappa shape index (κ3) is 3.21. The fraction of sp³-hybridized carbons (Fsp3) is 0.263. The smallest absolute Gasteiger partial charge is 0.331 e. The Kier molecular flexibility index (Phi) is 4.23. The van der Waals surface area contributed by atoms with Crippen molar-refractivity contribution in [1.29, 1.82) is 0 Å². The average Bonchev–Trinajstić information content (AvgIpc) is 2.66. The molecule has 0 saturated carbocycles. The highest BCUT2D eigenvalue weighted by atomic mass is 16.6. The fourth-order valence-corrected chi connectivity index (χ4v) is 3.54. The van der Waals surface area contributed by atoms with E-state index in [-0.39, 0.29) is 30.4 Å². The van der Waals surface area contributed by atoms with Crippen molar-refractivity contribution in [2.45, 2.75) is 12.8 Å². The number of nitro groups is 1. The number of nitrogens with zero attached hydrogens (tertiary/aromatic N) is 3. The molecular formula is C19H17N3O5. The Labute approximate surface area is 155 Å². The van der Waals surface area contributed by atoms with Gasteiger partial charge in [-0.25, -0.2) is 4.79 Å². The van der Waals surface area contributed by atoms with Crippen LogP contribution >= 0.6 is 0 Å². The summed E-state index contributed by atoms with van der Waals surface area (Å²) in [7, 11) is 0. The lowest BCUT2D eigenvalue weighted by Crippen LogP contribution is -2.46. The molecule has 2 aliphatic heterocycles. The van der Waals surface area contributed by atoms with E-state index in [0.717, 1.165) is 24.1 Å². The molecule has 0 fully saturated rings. The van der Waals surface area contributed by atoms with E-state index in [4.69, 9.17) is 4.74 Å². The number of aryl methyl sites for hydroxylation is 1. The van der Waals surface area contributed by atoms with Crippen molar-refractivity contribution in [3.63, 3.8) is 0 Å². The summed E-state index contributed by atoms with van der Waals surface area (Å²) in [6, 6.07) is 11.9. The van der Waals surface area contributed by atoms with Gasteiger partial charge in [0, 0.05) is 18.3 Å². The molecule has 4 rings (SSSR count). The fourth-order valence-electron chi connectivity index (χ4n) is 3.54. The molecule has 0 N–H and O–H groups in total. The summed E-state index contributed by atoms with van der Waals surface area (Å²) in [5.41, 5.74) is 2.36. The number of hydrogen-bond donors (Lipinski definition) is 0. The molecular weight excluding hydrogens is 350 g/mol. The Bertz CT molecular complexity index is 943. The van der Waals surface area contributed by atoms with Crippen molar-refractivity contribution in [2.75, 3.05) is 29.4 Å². The van der Waals surface area contributed by atoms with Gasteiger partial charge in [-0.3, -0.25) is 14.9 Å². The molecule has 0 aliphatic carbocycles. The molecule has 2 aromatic carbocycles. The number of esters is 1. The standard InChI is InChI=1S/C19H17N3O5/c23-18(21-9-3-5-13-4-1-2-6-15(13)21)11-20-12-19(24)27-17-10-14(22(25)26)7-8-16(17)20/h1-2,4,6-8,10H,3,5,9,11-12H2. The molecule has 138 valence electrons. The molecule has 0 saturated heterocycles. The van der Waals surface area contributed by atoms with Crippen molar-refractivity contribution < 1.29 is 19.2 Å². The Balaban J connectivity index is 1.60. The average molecular weight is 367 g/mol. The first kappa shape index (κ1) is 17.0. The van der Waals surface area contributed by atoms with Gasteiger partial charge >= 0.3 is 5.97 Å². The van der Waals surface area contributed by atoms with Gasteiger partial charge in [-0.15, -0.1) is 0 Å². The van der Waals surface area contributed by atoms with E-state index in [1.54, 1.807) is 9.80 Å². The zero-order valence-corrected chi connectivity index (χ0v) is 14.5. The van der Waals surface area contributed by atoms with Gasteiger partial charge in [0.25, 0.3) is 5.69 Å². The molecule has 0 radical (unpaired) electrons. The van der Waals surface area contributed by atoms with Crippen LogP contribution < -0.4 is 14.5 Å². The quantitative estimate of drug-likeness (QED) is 0.358. The topological polar surface area (TPSA) is 93.0 Å². The number of para-hydroxylation sites is 1. The summed E-state index contributed by atoms with van der Waals surface area (Å²) in [4.78, 5) is 38.6. The van der Waals surface area contributed by atoms with Crippen molar-refractivity contribution >= 4 is 28.9 Å². The van der Waals surface area contributed by atoms with Gasteiger partial charge in [0.2, 0.25) is 5.91 Å². The van der Waals surface area contributed by atoms with Gasteiger partial charge in [-0.1, -0.05) is 18.2 Å². The summed E-state index contributed by atoms with van der Waals surface area (Å²) >= 11 is 0. The van der Waals surface area contributed by atoms with Gasteiger partial charge in [0.1, 0.15) is 6.54 Å². The first-order valence-corrected chi connectivity index (χ1v) is 8.65. The highest BCUT2D eigenvalue weighted by Crippen LogP contribution is 2.35. The SMILES string of the molecule is O=C1CN(CC(=O)N2CCCc3ccccc32)c2ccc([N+](=O)[O-])cc2O1. The second-order valence-electron chi connectivity index (χ2n) is 6.52. The Morgan fingerprint density at radius 2 is 2.00 bits per heavy atom. The number of carbonyl (C=O) groups is 2. The number of ether oxygens (including phenoxy) is 1. The zero-order chi connectivity index (χ0) is 19.0. The molecule has 0 aromatic heterocycles. The van der Waals surface area contributed by atoms with E-state index in [1.807, 2.05) is 24.3 Å². The molecule has 1 amide bonds. The van der Waals surface area contributed by atoms with Gasteiger partial charge in [-0.05, 0) is 30.5 Å². The Morgan fingerprint density at radius 1 is 1.19 bits per heavy atom. The van der Waals surface area contributed by atoms with Crippen LogP contribution in [0.25, 0.3) is 0 Å². The largest absolute Gasteiger partial charge is 0.423 e. The first-order chi connectivity index (χ1) is 13.0. The van der Waals surface area contributed by atoms with Gasteiger partial charge in [0.15, 0.2) is 5.75 Å². The third-order valence-corrected chi connectivity index (χ3v) is 4.78. The van der Waals surface area contributed by atoms with E-state index in [2.05, 4.69) is 0 Å². The zero-order valence-electron chi connectivity index (χ0n) is 14.5. The van der Waals surface area contributed by atoms with E-state index < -0.39 is 10.9 Å². The van der Waals surface area contributed by atoms with Crippen molar-refractivity contribution in [2.24, 2.45) is 0 Å². The van der Waals surface area contributed by atoms with Crippen molar-refractivity contribution in [3.8, 4) is 5.75 Å². The summed E-state index contributed by atoms with van der Waals surface area (Å²) in [5, 5.41) is 10.9. The van der Waals surface area contributed by atoms with E-state index in [1.165, 1.54) is 18.2 Å². The number of fused-ring (bicyclic) bond motifs is 2. The predicted molar refractivity (Wildman–Crippen MR) is 98.1 cm³/mol. The molecule has 2 aliphatic rings. The molecule has 8 heteroatoms. The first-order valence-electron chi connectivity index (χ1n) is 8.65. The van der Waals surface area contributed by atoms with Gasteiger partial charge in [-0.2, -0.15) is 0 Å². The maximum Gasteiger partial charge on any atom is 0.331 e. The molecule has 0 atom stereocenters. The lowest BCUT2D eigenvalue weighted by molar-refractivity contribution is -0.384. The second kappa shape index (κ2) is 6.71. The van der Waals surface area contributed by atoms with Crippen LogP contribution in [0.3, 0.4) is 0 Å². The Morgan fingerprint density at radius 3 is 2.81 bits per heavy atom. The van der Waals surface area contributed by atoms with Crippen LogP contribution in [0.2, 0.25) is 0 Å². The van der Waals surface area contributed by atoms with E-state index >= 15 is 0 Å². The molecule has 0 spiro atoms. The summed E-state index contributed by atoms with van der Waals surface area (Å²) < 4.78 is 5.13. The van der Waals surface area contributed by atoms with Crippen LogP contribution in [-0.2, 0) is 16.0 Å². The van der Waals surface area contributed by atoms with Crippen LogP contribution in [-0.4, -0.2) is 36.4 Å². The number of non-ortho nitro benzene ring substituents is 1. The van der Waals surface area contributed by atoms with Crippen molar-refractivity contribution in [1.82, 2.24) is 0 Å². The highest BCUT2D eigenvalue weighted by Gasteiger charge is 2.30. The third-order valence-electron chi connectivity index (χ3n) is 4.78. The minimum atomic E-state index is -0.553. The summed E-state index contributed by atoms with van der Waals surface area (Å²) in [6.45, 7) is 0.543. The number of hydrogen-bond acceptors (Lipinski definition) is 6. The number of rotatable bonds is 3. The molecule has 0 unspecified atom stereocenters.